The summed E-state index contributed by atoms with van der Waals surface area (Å²) in [6.07, 6.45) is 0. The van der Waals surface area contributed by atoms with E-state index >= 15 is 0 Å². The van der Waals surface area contributed by atoms with Gasteiger partial charge in [0, 0.05) is 12.6 Å². The van der Waals surface area contributed by atoms with Crippen LogP contribution >= 0.6 is 0 Å². The second-order valence-electron chi connectivity index (χ2n) is 3.49. The summed E-state index contributed by atoms with van der Waals surface area (Å²) < 4.78 is 5.10. The summed E-state index contributed by atoms with van der Waals surface area (Å²) in [7, 11) is 5.73. The van der Waals surface area contributed by atoms with E-state index in [0.29, 0.717) is 6.54 Å². The molecule has 3 nitrogen and oxygen atoms in total. The zero-order valence-corrected chi connectivity index (χ0v) is 9.03. The number of methoxy groups -OCH3 is 1. The van der Waals surface area contributed by atoms with E-state index in [4.69, 9.17) is 10.5 Å². The molecule has 0 amide bonds. The van der Waals surface area contributed by atoms with Gasteiger partial charge in [0.2, 0.25) is 0 Å². The Balaban J connectivity index is 2.84. The van der Waals surface area contributed by atoms with Crippen molar-refractivity contribution < 1.29 is 4.74 Å². The third kappa shape index (κ3) is 2.47. The lowest BCUT2D eigenvalue weighted by molar-refractivity contribution is 0.305. The van der Waals surface area contributed by atoms with E-state index < -0.39 is 0 Å². The molecule has 0 heterocycles. The molecule has 0 aliphatic rings. The molecule has 0 aliphatic carbocycles. The maximum Gasteiger partial charge on any atom is 0.118 e. The summed E-state index contributed by atoms with van der Waals surface area (Å²) in [6.45, 7) is 0.624. The summed E-state index contributed by atoms with van der Waals surface area (Å²) in [5.74, 6) is 0.878. The standard InChI is InChI=1S/C11H18N2O/c1-13(2)11(8-12)9-4-6-10(14-3)7-5-9/h4-7,11H,8,12H2,1-3H3/t11-/m1/s1. The van der Waals surface area contributed by atoms with E-state index in [2.05, 4.69) is 17.0 Å². The molecule has 0 bridgehead atoms. The maximum atomic E-state index is 5.70. The van der Waals surface area contributed by atoms with Crippen molar-refractivity contribution in [1.82, 2.24) is 4.90 Å². The van der Waals surface area contributed by atoms with Crippen molar-refractivity contribution >= 4 is 0 Å². The quantitative estimate of drug-likeness (QED) is 0.784. The summed E-state index contributed by atoms with van der Waals surface area (Å²) in [5, 5.41) is 0. The molecule has 1 rings (SSSR count). The van der Waals surface area contributed by atoms with Crippen molar-refractivity contribution in [2.24, 2.45) is 5.73 Å². The van der Waals surface area contributed by atoms with Gasteiger partial charge in [-0.2, -0.15) is 0 Å². The van der Waals surface area contributed by atoms with Gasteiger partial charge in [-0.25, -0.2) is 0 Å². The van der Waals surface area contributed by atoms with Crippen molar-refractivity contribution in [3.05, 3.63) is 29.8 Å². The van der Waals surface area contributed by atoms with Crippen molar-refractivity contribution in [3.63, 3.8) is 0 Å². The highest BCUT2D eigenvalue weighted by Crippen LogP contribution is 2.19. The largest absolute Gasteiger partial charge is 0.497 e. The fraction of sp³-hybridized carbons (Fsp3) is 0.455. The van der Waals surface area contributed by atoms with Crippen molar-refractivity contribution in [2.75, 3.05) is 27.7 Å². The molecular formula is C11H18N2O. The van der Waals surface area contributed by atoms with Gasteiger partial charge in [0.25, 0.3) is 0 Å². The Morgan fingerprint density at radius 3 is 2.21 bits per heavy atom. The second-order valence-corrected chi connectivity index (χ2v) is 3.49. The van der Waals surface area contributed by atoms with Crippen LogP contribution in [0.1, 0.15) is 11.6 Å². The van der Waals surface area contributed by atoms with E-state index in [1.165, 1.54) is 5.56 Å². The minimum Gasteiger partial charge on any atom is -0.497 e. The first-order chi connectivity index (χ1) is 6.69. The van der Waals surface area contributed by atoms with Gasteiger partial charge in [0.05, 0.1) is 7.11 Å². The Bertz CT molecular complexity index is 269. The lowest BCUT2D eigenvalue weighted by Crippen LogP contribution is -2.27. The second kappa shape index (κ2) is 4.98. The molecule has 0 spiro atoms. The van der Waals surface area contributed by atoms with Gasteiger partial charge < -0.3 is 15.4 Å². The minimum atomic E-state index is 0.279. The number of benzene rings is 1. The van der Waals surface area contributed by atoms with Crippen LogP contribution in [0.5, 0.6) is 5.75 Å². The highest BCUT2D eigenvalue weighted by atomic mass is 16.5. The average Bonchev–Trinajstić information content (AvgIpc) is 2.19. The third-order valence-corrected chi connectivity index (χ3v) is 2.35. The van der Waals surface area contributed by atoms with Crippen LogP contribution in [0.2, 0.25) is 0 Å². The number of ether oxygens (including phenoxy) is 1. The molecule has 0 aromatic heterocycles. The molecule has 0 saturated heterocycles. The first-order valence-electron chi connectivity index (χ1n) is 4.69. The fourth-order valence-electron chi connectivity index (χ4n) is 1.47. The van der Waals surface area contributed by atoms with Gasteiger partial charge >= 0.3 is 0 Å². The first-order valence-corrected chi connectivity index (χ1v) is 4.69. The Labute approximate surface area is 85.5 Å². The van der Waals surface area contributed by atoms with Crippen LogP contribution in [0.15, 0.2) is 24.3 Å². The van der Waals surface area contributed by atoms with Crippen LogP contribution in [0.25, 0.3) is 0 Å². The molecule has 1 aromatic carbocycles. The number of likely N-dealkylation sites (N-methyl/N-ethyl adjacent to an activating group) is 1. The molecule has 0 fully saturated rings. The number of hydrogen-bond acceptors (Lipinski definition) is 3. The van der Waals surface area contributed by atoms with Crippen molar-refractivity contribution in [1.29, 1.82) is 0 Å². The van der Waals surface area contributed by atoms with Crippen LogP contribution in [0.4, 0.5) is 0 Å². The normalized spacial score (nSPS) is 12.9. The van der Waals surface area contributed by atoms with Crippen molar-refractivity contribution in [3.8, 4) is 5.75 Å². The highest BCUT2D eigenvalue weighted by Gasteiger charge is 2.11. The molecule has 0 radical (unpaired) electrons. The summed E-state index contributed by atoms with van der Waals surface area (Å²) in [5.41, 5.74) is 6.92. The van der Waals surface area contributed by atoms with Crippen LogP contribution in [-0.2, 0) is 0 Å². The fourth-order valence-corrected chi connectivity index (χ4v) is 1.47. The van der Waals surface area contributed by atoms with E-state index in [9.17, 15) is 0 Å². The topological polar surface area (TPSA) is 38.5 Å². The first kappa shape index (κ1) is 11.0. The number of nitrogens with two attached hydrogens (primary N) is 1. The average molecular weight is 194 g/mol. The Morgan fingerprint density at radius 2 is 1.86 bits per heavy atom. The molecule has 0 aliphatic heterocycles. The van der Waals surface area contributed by atoms with Crippen LogP contribution in [0, 0.1) is 0 Å². The SMILES string of the molecule is COc1ccc([C@@H](CN)N(C)C)cc1. The molecule has 0 unspecified atom stereocenters. The molecule has 1 atom stereocenters. The lowest BCUT2D eigenvalue weighted by atomic mass is 10.1. The number of hydrogen-bond donors (Lipinski definition) is 1. The Kier molecular flexibility index (Phi) is 3.92. The molecular weight excluding hydrogens is 176 g/mol. The minimum absolute atomic E-state index is 0.279. The Morgan fingerprint density at radius 1 is 1.29 bits per heavy atom. The molecule has 14 heavy (non-hydrogen) atoms. The zero-order valence-electron chi connectivity index (χ0n) is 9.03. The van der Waals surface area contributed by atoms with E-state index in [1.54, 1.807) is 7.11 Å². The zero-order chi connectivity index (χ0) is 10.6. The predicted molar refractivity (Wildman–Crippen MR) is 58.5 cm³/mol. The molecule has 0 saturated carbocycles. The van der Waals surface area contributed by atoms with Gasteiger partial charge in [0.15, 0.2) is 0 Å². The molecule has 3 heteroatoms. The summed E-state index contributed by atoms with van der Waals surface area (Å²) in [4.78, 5) is 2.11. The number of rotatable bonds is 4. The molecule has 2 N–H and O–H groups in total. The van der Waals surface area contributed by atoms with Gasteiger partial charge in [-0.15, -0.1) is 0 Å². The van der Waals surface area contributed by atoms with Crippen molar-refractivity contribution in [2.45, 2.75) is 6.04 Å². The van der Waals surface area contributed by atoms with Gasteiger partial charge in [-0.1, -0.05) is 12.1 Å². The van der Waals surface area contributed by atoms with E-state index in [-0.39, 0.29) is 6.04 Å². The molecule has 1 aromatic rings. The van der Waals surface area contributed by atoms with Crippen LogP contribution < -0.4 is 10.5 Å². The highest BCUT2D eigenvalue weighted by molar-refractivity contribution is 5.29. The monoisotopic (exact) mass is 194 g/mol. The van der Waals surface area contributed by atoms with Crippen LogP contribution in [-0.4, -0.2) is 32.6 Å². The van der Waals surface area contributed by atoms with E-state index in [1.807, 2.05) is 26.2 Å². The summed E-state index contributed by atoms with van der Waals surface area (Å²) >= 11 is 0. The molecule has 78 valence electrons. The van der Waals surface area contributed by atoms with Gasteiger partial charge in [0.1, 0.15) is 5.75 Å². The van der Waals surface area contributed by atoms with Gasteiger partial charge in [-0.3, -0.25) is 0 Å². The van der Waals surface area contributed by atoms with Crippen LogP contribution in [0.3, 0.4) is 0 Å². The lowest BCUT2D eigenvalue weighted by Gasteiger charge is -2.23. The van der Waals surface area contributed by atoms with Gasteiger partial charge in [-0.05, 0) is 31.8 Å². The van der Waals surface area contributed by atoms with E-state index in [0.717, 1.165) is 5.75 Å². The Hall–Kier alpha value is -1.06. The third-order valence-electron chi connectivity index (χ3n) is 2.35. The maximum absolute atomic E-state index is 5.70. The smallest absolute Gasteiger partial charge is 0.118 e. The summed E-state index contributed by atoms with van der Waals surface area (Å²) in [6, 6.07) is 8.30. The predicted octanol–water partition coefficient (Wildman–Crippen LogP) is 1.26. The number of nitrogens with zero attached hydrogens (tertiary/aromatic N) is 1.